The first-order valence-corrected chi connectivity index (χ1v) is 6.80. The maximum absolute atomic E-state index is 12.0. The molecule has 0 heterocycles. The molecule has 1 atom stereocenters. The van der Waals surface area contributed by atoms with Crippen LogP contribution in [0.3, 0.4) is 0 Å². The Kier molecular flexibility index (Phi) is 6.26. The van der Waals surface area contributed by atoms with Gasteiger partial charge in [-0.05, 0) is 25.5 Å². The van der Waals surface area contributed by atoms with Crippen molar-refractivity contribution < 1.29 is 14.6 Å². The van der Waals surface area contributed by atoms with E-state index in [1.807, 2.05) is 6.92 Å². The van der Waals surface area contributed by atoms with E-state index in [1.54, 1.807) is 32.2 Å². The van der Waals surface area contributed by atoms with E-state index in [2.05, 4.69) is 10.6 Å². The van der Waals surface area contributed by atoms with Gasteiger partial charge >= 0.3 is 6.03 Å². The van der Waals surface area contributed by atoms with Crippen LogP contribution in [0, 0.1) is 0 Å². The van der Waals surface area contributed by atoms with Gasteiger partial charge in [0.25, 0.3) is 0 Å². The lowest BCUT2D eigenvalue weighted by Gasteiger charge is -2.27. The fraction of sp³-hybridized carbons (Fsp3) is 0.500. The summed E-state index contributed by atoms with van der Waals surface area (Å²) in [5.41, 5.74) is 0.659. The summed E-state index contributed by atoms with van der Waals surface area (Å²) in [6, 6.07) is 4.86. The molecule has 0 aliphatic carbocycles. The van der Waals surface area contributed by atoms with Gasteiger partial charge in [0, 0.05) is 23.4 Å². The third-order valence-electron chi connectivity index (χ3n) is 3.20. The fourth-order valence-corrected chi connectivity index (χ4v) is 1.86. The Morgan fingerprint density at radius 2 is 2.20 bits per heavy atom. The molecule has 0 spiro atoms. The molecule has 112 valence electrons. The average molecular weight is 301 g/mol. The zero-order chi connectivity index (χ0) is 15.2. The number of benzene rings is 1. The number of ether oxygens (including phenoxy) is 1. The third kappa shape index (κ3) is 4.37. The Bertz CT molecular complexity index is 462. The molecule has 20 heavy (non-hydrogen) atoms. The van der Waals surface area contributed by atoms with Gasteiger partial charge in [-0.15, -0.1) is 0 Å². The van der Waals surface area contributed by atoms with Gasteiger partial charge in [-0.1, -0.05) is 24.6 Å². The molecule has 0 fully saturated rings. The molecule has 5 nitrogen and oxygen atoms in total. The van der Waals surface area contributed by atoms with Crippen LogP contribution in [0.2, 0.25) is 5.02 Å². The van der Waals surface area contributed by atoms with Crippen molar-refractivity contribution in [2.45, 2.75) is 32.4 Å². The number of carbonyl (C=O) groups is 1. The summed E-state index contributed by atoms with van der Waals surface area (Å²) in [5, 5.41) is 15.3. The second kappa shape index (κ2) is 7.47. The van der Waals surface area contributed by atoms with Crippen LogP contribution in [0.1, 0.15) is 25.8 Å². The standard InChI is InChI=1S/C14H21ClN2O3/c1-4-14(2,9-18)17-13(19)16-12-7-5-6-11(15)10(12)8-20-3/h5-7,18H,4,8-9H2,1-3H3,(H2,16,17,19). The second-order valence-corrected chi connectivity index (χ2v) is 5.26. The first-order valence-electron chi connectivity index (χ1n) is 6.42. The second-order valence-electron chi connectivity index (χ2n) is 4.85. The Hall–Kier alpha value is -1.30. The van der Waals surface area contributed by atoms with Crippen molar-refractivity contribution in [1.82, 2.24) is 5.32 Å². The molecule has 2 amide bonds. The maximum atomic E-state index is 12.0. The van der Waals surface area contributed by atoms with Gasteiger partial charge < -0.3 is 20.5 Å². The minimum atomic E-state index is -0.649. The quantitative estimate of drug-likeness (QED) is 0.756. The van der Waals surface area contributed by atoms with Crippen molar-refractivity contribution in [3.8, 4) is 0 Å². The van der Waals surface area contributed by atoms with Crippen molar-refractivity contribution in [1.29, 1.82) is 0 Å². The minimum Gasteiger partial charge on any atom is -0.394 e. The van der Waals surface area contributed by atoms with Crippen molar-refractivity contribution in [2.75, 3.05) is 19.0 Å². The van der Waals surface area contributed by atoms with Gasteiger partial charge in [-0.3, -0.25) is 0 Å². The van der Waals surface area contributed by atoms with Crippen LogP contribution in [0.25, 0.3) is 0 Å². The summed E-state index contributed by atoms with van der Waals surface area (Å²) in [5.74, 6) is 0. The largest absolute Gasteiger partial charge is 0.394 e. The van der Waals surface area contributed by atoms with Crippen molar-refractivity contribution in [2.24, 2.45) is 0 Å². The number of rotatable bonds is 6. The van der Waals surface area contributed by atoms with Crippen LogP contribution >= 0.6 is 11.6 Å². The number of urea groups is 1. The first-order chi connectivity index (χ1) is 9.45. The van der Waals surface area contributed by atoms with E-state index in [4.69, 9.17) is 16.3 Å². The van der Waals surface area contributed by atoms with E-state index in [1.165, 1.54) is 0 Å². The summed E-state index contributed by atoms with van der Waals surface area (Å²) >= 11 is 6.09. The smallest absolute Gasteiger partial charge is 0.319 e. The fourth-order valence-electron chi connectivity index (χ4n) is 1.63. The van der Waals surface area contributed by atoms with Gasteiger partial charge in [-0.25, -0.2) is 4.79 Å². The zero-order valence-corrected chi connectivity index (χ0v) is 12.8. The molecule has 0 bridgehead atoms. The van der Waals surface area contributed by atoms with Crippen molar-refractivity contribution in [3.63, 3.8) is 0 Å². The van der Waals surface area contributed by atoms with Gasteiger partial charge in [-0.2, -0.15) is 0 Å². The normalized spacial score (nSPS) is 13.7. The lowest BCUT2D eigenvalue weighted by molar-refractivity contribution is 0.172. The van der Waals surface area contributed by atoms with Crippen LogP contribution in [-0.4, -0.2) is 30.4 Å². The number of anilines is 1. The number of halogens is 1. The molecule has 1 aromatic carbocycles. The number of amides is 2. The summed E-state index contributed by atoms with van der Waals surface area (Å²) in [6.07, 6.45) is 0.622. The SMILES string of the molecule is CCC(C)(CO)NC(=O)Nc1cccc(Cl)c1COC. The topological polar surface area (TPSA) is 70.6 Å². The number of methoxy groups -OCH3 is 1. The van der Waals surface area contributed by atoms with E-state index in [0.717, 1.165) is 0 Å². The maximum Gasteiger partial charge on any atom is 0.319 e. The molecular weight excluding hydrogens is 280 g/mol. The molecule has 0 aromatic heterocycles. The predicted octanol–water partition coefficient (Wildman–Crippen LogP) is 2.77. The molecule has 1 unspecified atom stereocenters. The van der Waals surface area contributed by atoms with Gasteiger partial charge in [0.2, 0.25) is 0 Å². The number of nitrogens with one attached hydrogen (secondary N) is 2. The molecule has 6 heteroatoms. The summed E-state index contributed by atoms with van der Waals surface area (Å²) < 4.78 is 5.08. The predicted molar refractivity (Wildman–Crippen MR) is 80.1 cm³/mol. The first kappa shape index (κ1) is 16.8. The molecule has 1 aromatic rings. The summed E-state index contributed by atoms with van der Waals surface area (Å²) in [6.45, 7) is 3.85. The Morgan fingerprint density at radius 1 is 1.50 bits per heavy atom. The Labute approximate surface area is 124 Å². The molecular formula is C14H21ClN2O3. The van der Waals surface area contributed by atoms with E-state index in [-0.39, 0.29) is 12.6 Å². The van der Waals surface area contributed by atoms with Crippen LogP contribution < -0.4 is 10.6 Å². The van der Waals surface area contributed by atoms with E-state index < -0.39 is 5.54 Å². The average Bonchev–Trinajstić information content (AvgIpc) is 2.42. The zero-order valence-electron chi connectivity index (χ0n) is 12.0. The number of hydrogen-bond acceptors (Lipinski definition) is 3. The van der Waals surface area contributed by atoms with Gasteiger partial charge in [0.1, 0.15) is 0 Å². The monoisotopic (exact) mass is 300 g/mol. The minimum absolute atomic E-state index is 0.128. The molecule has 1 rings (SSSR count). The number of carbonyl (C=O) groups excluding carboxylic acids is 1. The van der Waals surface area contributed by atoms with E-state index in [0.29, 0.717) is 29.3 Å². The molecule has 0 aliphatic heterocycles. The molecule has 0 radical (unpaired) electrons. The van der Waals surface area contributed by atoms with Crippen molar-refractivity contribution >= 4 is 23.3 Å². The van der Waals surface area contributed by atoms with Crippen molar-refractivity contribution in [3.05, 3.63) is 28.8 Å². The Balaban J connectivity index is 2.83. The van der Waals surface area contributed by atoms with Crippen LogP contribution in [0.15, 0.2) is 18.2 Å². The molecule has 0 saturated carbocycles. The van der Waals surface area contributed by atoms with Gasteiger partial charge in [0.05, 0.1) is 18.8 Å². The van der Waals surface area contributed by atoms with Gasteiger partial charge in [0.15, 0.2) is 0 Å². The molecule has 0 aliphatic rings. The van der Waals surface area contributed by atoms with E-state index >= 15 is 0 Å². The summed E-state index contributed by atoms with van der Waals surface area (Å²) in [4.78, 5) is 12.0. The number of aliphatic hydroxyl groups is 1. The number of aliphatic hydroxyl groups excluding tert-OH is 1. The lowest BCUT2D eigenvalue weighted by atomic mass is 10.0. The lowest BCUT2D eigenvalue weighted by Crippen LogP contribution is -2.50. The van der Waals surface area contributed by atoms with E-state index in [9.17, 15) is 9.90 Å². The third-order valence-corrected chi connectivity index (χ3v) is 3.55. The number of hydrogen-bond donors (Lipinski definition) is 3. The Morgan fingerprint density at radius 3 is 2.75 bits per heavy atom. The highest BCUT2D eigenvalue weighted by molar-refractivity contribution is 6.31. The highest BCUT2D eigenvalue weighted by Gasteiger charge is 2.23. The van der Waals surface area contributed by atoms with Crippen LogP contribution in [0.4, 0.5) is 10.5 Å². The highest BCUT2D eigenvalue weighted by Crippen LogP contribution is 2.25. The highest BCUT2D eigenvalue weighted by atomic mass is 35.5. The van der Waals surface area contributed by atoms with Crippen LogP contribution in [-0.2, 0) is 11.3 Å². The summed E-state index contributed by atoms with van der Waals surface area (Å²) in [7, 11) is 1.56. The molecule has 3 N–H and O–H groups in total. The van der Waals surface area contributed by atoms with Crippen LogP contribution in [0.5, 0.6) is 0 Å². The molecule has 0 saturated heterocycles.